The summed E-state index contributed by atoms with van der Waals surface area (Å²) in [5.41, 5.74) is 10.1. The van der Waals surface area contributed by atoms with Crippen LogP contribution in [-0.2, 0) is 6.61 Å². The Bertz CT molecular complexity index is 788. The summed E-state index contributed by atoms with van der Waals surface area (Å²) in [4.78, 5) is 4.33. The van der Waals surface area contributed by atoms with Crippen LogP contribution in [-0.4, -0.2) is 17.1 Å². The van der Waals surface area contributed by atoms with Gasteiger partial charge in [-0.2, -0.15) is 0 Å². The SMILES string of the molecule is Cc1cc2c(cn1)COc1cc(OC[C@@](C)(N)CC(C)C)c(Cl)cc1-2. The number of pyridine rings is 1. The Morgan fingerprint density at radius 3 is 2.80 bits per heavy atom. The summed E-state index contributed by atoms with van der Waals surface area (Å²) in [6.07, 6.45) is 2.74. The van der Waals surface area contributed by atoms with Gasteiger partial charge in [0.25, 0.3) is 0 Å². The van der Waals surface area contributed by atoms with Crippen LogP contribution in [0.2, 0.25) is 5.02 Å². The molecule has 1 aromatic carbocycles. The minimum absolute atomic E-state index is 0.399. The van der Waals surface area contributed by atoms with Crippen LogP contribution in [0, 0.1) is 12.8 Å². The lowest BCUT2D eigenvalue weighted by atomic mass is 9.93. The number of aryl methyl sites for hydroxylation is 1. The summed E-state index contributed by atoms with van der Waals surface area (Å²) in [6, 6.07) is 5.83. The average molecular weight is 361 g/mol. The van der Waals surface area contributed by atoms with Crippen molar-refractivity contribution in [2.75, 3.05) is 6.61 Å². The second-order valence-electron chi connectivity index (χ2n) is 7.59. The van der Waals surface area contributed by atoms with Crippen molar-refractivity contribution in [3.05, 3.63) is 40.7 Å². The summed E-state index contributed by atoms with van der Waals surface area (Å²) in [7, 11) is 0. The molecule has 1 aliphatic heterocycles. The molecule has 134 valence electrons. The smallest absolute Gasteiger partial charge is 0.141 e. The van der Waals surface area contributed by atoms with E-state index < -0.39 is 5.54 Å². The summed E-state index contributed by atoms with van der Waals surface area (Å²) in [5.74, 6) is 1.89. The van der Waals surface area contributed by atoms with Crippen molar-refractivity contribution in [3.63, 3.8) is 0 Å². The standard InChI is InChI=1S/C20H25ClN2O2/c1-12(2)8-20(4,22)11-25-19-7-18-16(6-17(19)21)15-5-13(3)23-9-14(15)10-24-18/h5-7,9,12H,8,10-11,22H2,1-4H3/t20-/m0/s1. The molecule has 0 amide bonds. The Morgan fingerprint density at radius 2 is 2.08 bits per heavy atom. The normalized spacial score (nSPS) is 15.2. The third-order valence-corrected chi connectivity index (χ3v) is 4.56. The Hall–Kier alpha value is -1.78. The van der Waals surface area contributed by atoms with Gasteiger partial charge in [0.1, 0.15) is 24.7 Å². The van der Waals surface area contributed by atoms with Gasteiger partial charge in [-0.15, -0.1) is 0 Å². The van der Waals surface area contributed by atoms with E-state index >= 15 is 0 Å². The van der Waals surface area contributed by atoms with Crippen molar-refractivity contribution >= 4 is 11.6 Å². The van der Waals surface area contributed by atoms with E-state index in [1.807, 2.05) is 32.2 Å². The van der Waals surface area contributed by atoms with E-state index in [0.29, 0.717) is 29.9 Å². The Balaban J connectivity index is 1.86. The quantitative estimate of drug-likeness (QED) is 0.836. The molecule has 2 N–H and O–H groups in total. The molecular formula is C20H25ClN2O2. The second-order valence-corrected chi connectivity index (χ2v) is 8.00. The molecule has 0 aliphatic carbocycles. The maximum atomic E-state index is 6.47. The molecule has 3 rings (SSSR count). The monoisotopic (exact) mass is 360 g/mol. The predicted molar refractivity (Wildman–Crippen MR) is 101 cm³/mol. The van der Waals surface area contributed by atoms with E-state index in [2.05, 4.69) is 24.9 Å². The molecule has 0 unspecified atom stereocenters. The maximum Gasteiger partial charge on any atom is 0.141 e. The summed E-state index contributed by atoms with van der Waals surface area (Å²) in [6.45, 7) is 9.19. The summed E-state index contributed by atoms with van der Waals surface area (Å²) < 4.78 is 11.8. The van der Waals surface area contributed by atoms with Crippen molar-refractivity contribution in [3.8, 4) is 22.6 Å². The zero-order chi connectivity index (χ0) is 18.2. The number of ether oxygens (including phenoxy) is 2. The minimum atomic E-state index is -0.399. The van der Waals surface area contributed by atoms with E-state index in [0.717, 1.165) is 34.6 Å². The molecule has 0 radical (unpaired) electrons. The van der Waals surface area contributed by atoms with Gasteiger partial charge in [-0.25, -0.2) is 0 Å². The maximum absolute atomic E-state index is 6.47. The third kappa shape index (κ3) is 4.07. The molecule has 25 heavy (non-hydrogen) atoms. The van der Waals surface area contributed by atoms with Gasteiger partial charge in [-0.1, -0.05) is 25.4 Å². The van der Waals surface area contributed by atoms with Gasteiger partial charge >= 0.3 is 0 Å². The highest BCUT2D eigenvalue weighted by molar-refractivity contribution is 6.32. The molecule has 2 aromatic rings. The zero-order valence-corrected chi connectivity index (χ0v) is 16.0. The highest BCUT2D eigenvalue weighted by Crippen LogP contribution is 2.43. The molecule has 5 heteroatoms. The molecule has 0 saturated carbocycles. The van der Waals surface area contributed by atoms with E-state index in [1.165, 1.54) is 0 Å². The summed E-state index contributed by atoms with van der Waals surface area (Å²) >= 11 is 6.47. The molecule has 0 saturated heterocycles. The van der Waals surface area contributed by atoms with E-state index in [1.54, 1.807) is 0 Å². The molecule has 0 fully saturated rings. The highest BCUT2D eigenvalue weighted by atomic mass is 35.5. The number of benzene rings is 1. The van der Waals surface area contributed by atoms with Gasteiger partial charge in [0.05, 0.1) is 5.02 Å². The number of rotatable bonds is 5. The third-order valence-electron chi connectivity index (χ3n) is 4.26. The Kier molecular flexibility index (Phi) is 4.94. The van der Waals surface area contributed by atoms with E-state index in [9.17, 15) is 0 Å². The van der Waals surface area contributed by atoms with Gasteiger partial charge in [0, 0.05) is 34.6 Å². The number of nitrogens with zero attached hydrogens (tertiary/aromatic N) is 1. The summed E-state index contributed by atoms with van der Waals surface area (Å²) in [5, 5.41) is 0.560. The Morgan fingerprint density at radius 1 is 1.32 bits per heavy atom. The first-order valence-corrected chi connectivity index (χ1v) is 8.97. The van der Waals surface area contributed by atoms with Crippen molar-refractivity contribution in [1.82, 2.24) is 4.98 Å². The number of fused-ring (bicyclic) bond motifs is 3. The molecule has 0 spiro atoms. The molecule has 1 atom stereocenters. The lowest BCUT2D eigenvalue weighted by molar-refractivity contribution is 0.205. The van der Waals surface area contributed by atoms with Gasteiger partial charge < -0.3 is 15.2 Å². The molecule has 2 heterocycles. The van der Waals surface area contributed by atoms with Crippen LogP contribution in [0.5, 0.6) is 11.5 Å². The predicted octanol–water partition coefficient (Wildman–Crippen LogP) is 4.75. The topological polar surface area (TPSA) is 57.4 Å². The van der Waals surface area contributed by atoms with Gasteiger partial charge in [0.15, 0.2) is 0 Å². The van der Waals surface area contributed by atoms with Gasteiger partial charge in [-0.3, -0.25) is 4.98 Å². The number of halogens is 1. The Labute approximate surface area is 154 Å². The van der Waals surface area contributed by atoms with E-state index in [-0.39, 0.29) is 0 Å². The van der Waals surface area contributed by atoms with Crippen LogP contribution in [0.4, 0.5) is 0 Å². The average Bonchev–Trinajstić information content (AvgIpc) is 2.52. The second kappa shape index (κ2) is 6.85. The minimum Gasteiger partial charge on any atom is -0.490 e. The van der Waals surface area contributed by atoms with Gasteiger partial charge in [-0.05, 0) is 43.9 Å². The van der Waals surface area contributed by atoms with Crippen LogP contribution in [0.15, 0.2) is 24.4 Å². The van der Waals surface area contributed by atoms with Crippen LogP contribution in [0.1, 0.15) is 38.4 Å². The largest absolute Gasteiger partial charge is 0.490 e. The van der Waals surface area contributed by atoms with Crippen LogP contribution in [0.3, 0.4) is 0 Å². The first-order valence-electron chi connectivity index (χ1n) is 8.59. The fourth-order valence-electron chi connectivity index (χ4n) is 3.32. The zero-order valence-electron chi connectivity index (χ0n) is 15.2. The highest BCUT2D eigenvalue weighted by Gasteiger charge is 2.24. The molecule has 0 bridgehead atoms. The number of nitrogens with two attached hydrogens (primary N) is 1. The van der Waals surface area contributed by atoms with Crippen molar-refractivity contribution < 1.29 is 9.47 Å². The van der Waals surface area contributed by atoms with Crippen LogP contribution in [0.25, 0.3) is 11.1 Å². The van der Waals surface area contributed by atoms with Crippen molar-refractivity contribution in [2.45, 2.75) is 46.3 Å². The lowest BCUT2D eigenvalue weighted by Gasteiger charge is -2.27. The van der Waals surface area contributed by atoms with Gasteiger partial charge in [0.2, 0.25) is 0 Å². The first kappa shape index (κ1) is 18.0. The number of hydrogen-bond acceptors (Lipinski definition) is 4. The number of aromatic nitrogens is 1. The van der Waals surface area contributed by atoms with Crippen molar-refractivity contribution in [2.24, 2.45) is 11.7 Å². The fourth-order valence-corrected chi connectivity index (χ4v) is 3.54. The molecule has 1 aromatic heterocycles. The van der Waals surface area contributed by atoms with Crippen molar-refractivity contribution in [1.29, 1.82) is 0 Å². The van der Waals surface area contributed by atoms with Crippen LogP contribution < -0.4 is 15.2 Å². The van der Waals surface area contributed by atoms with E-state index in [4.69, 9.17) is 26.8 Å². The van der Waals surface area contributed by atoms with Crippen LogP contribution >= 0.6 is 11.6 Å². The molecular weight excluding hydrogens is 336 g/mol. The fraction of sp³-hybridized carbons (Fsp3) is 0.450. The lowest BCUT2D eigenvalue weighted by Crippen LogP contribution is -2.43. The number of hydrogen-bond donors (Lipinski definition) is 1. The molecule has 4 nitrogen and oxygen atoms in total. The molecule has 1 aliphatic rings. The first-order chi connectivity index (χ1) is 11.7.